The first-order valence-electron chi connectivity index (χ1n) is 7.24. The molecule has 0 aromatic heterocycles. The number of hydrogen-bond donors (Lipinski definition) is 0. The fourth-order valence-corrected chi connectivity index (χ4v) is 3.20. The molecule has 110 valence electrons. The van der Waals surface area contributed by atoms with Gasteiger partial charge in [0.2, 0.25) is 0 Å². The molecular weight excluding hydrogens is 326 g/mol. The Morgan fingerprint density at radius 1 is 1.10 bits per heavy atom. The van der Waals surface area contributed by atoms with Crippen LogP contribution in [0.25, 0.3) is 0 Å². The number of Topliss-reactive ketones (excluding diaryl/α,β-unsaturated/α-hetero) is 1. The fraction of sp³-hybridized carbons (Fsp3) is 0.562. The lowest BCUT2D eigenvalue weighted by atomic mass is 9.86. The summed E-state index contributed by atoms with van der Waals surface area (Å²) in [6, 6.07) is 2.53. The molecule has 2 rings (SSSR count). The molecule has 0 heterocycles. The highest BCUT2D eigenvalue weighted by atomic mass is 79.9. The molecule has 4 heteroatoms. The minimum absolute atomic E-state index is 0.0252. The van der Waals surface area contributed by atoms with E-state index in [2.05, 4.69) is 15.9 Å². The van der Waals surface area contributed by atoms with Crippen molar-refractivity contribution in [3.8, 4) is 0 Å². The lowest BCUT2D eigenvalue weighted by molar-refractivity contribution is -0.122. The molecule has 1 aromatic carbocycles. The van der Waals surface area contributed by atoms with Crippen LogP contribution in [0.4, 0.5) is 8.78 Å². The van der Waals surface area contributed by atoms with Gasteiger partial charge in [-0.05, 0) is 40.9 Å². The van der Waals surface area contributed by atoms with Crippen LogP contribution in [0.5, 0.6) is 0 Å². The van der Waals surface area contributed by atoms with E-state index in [9.17, 15) is 13.6 Å². The van der Waals surface area contributed by atoms with Gasteiger partial charge < -0.3 is 0 Å². The summed E-state index contributed by atoms with van der Waals surface area (Å²) in [4.78, 5) is 12.3. The summed E-state index contributed by atoms with van der Waals surface area (Å²) in [6.07, 6.45) is 7.20. The first-order valence-corrected chi connectivity index (χ1v) is 8.04. The summed E-state index contributed by atoms with van der Waals surface area (Å²) in [5.74, 6) is -1.34. The van der Waals surface area contributed by atoms with Gasteiger partial charge in [-0.3, -0.25) is 4.79 Å². The molecule has 1 nitrogen and oxygen atoms in total. The Balaban J connectivity index is 2.08. The normalized spacial score (nSPS) is 17.6. The van der Waals surface area contributed by atoms with Gasteiger partial charge in [0.1, 0.15) is 17.4 Å². The van der Waals surface area contributed by atoms with Crippen molar-refractivity contribution in [2.45, 2.75) is 51.4 Å². The van der Waals surface area contributed by atoms with Crippen molar-refractivity contribution in [2.24, 2.45) is 5.92 Å². The van der Waals surface area contributed by atoms with E-state index in [0.717, 1.165) is 38.5 Å². The highest BCUT2D eigenvalue weighted by Gasteiger charge is 2.23. The smallest absolute Gasteiger partial charge is 0.143 e. The third-order valence-electron chi connectivity index (χ3n) is 4.05. The minimum atomic E-state index is -0.649. The van der Waals surface area contributed by atoms with Crippen LogP contribution in [-0.4, -0.2) is 5.78 Å². The Kier molecular flexibility index (Phi) is 5.70. The molecule has 0 N–H and O–H groups in total. The molecule has 0 bridgehead atoms. The van der Waals surface area contributed by atoms with Gasteiger partial charge in [-0.25, -0.2) is 8.78 Å². The molecule has 1 saturated carbocycles. The zero-order valence-corrected chi connectivity index (χ0v) is 13.0. The predicted octanol–water partition coefficient (Wildman–Crippen LogP) is 5.20. The maximum atomic E-state index is 13.9. The lowest BCUT2D eigenvalue weighted by Crippen LogP contribution is -2.19. The van der Waals surface area contributed by atoms with E-state index >= 15 is 0 Å². The van der Waals surface area contributed by atoms with Gasteiger partial charge in [-0.15, -0.1) is 0 Å². The molecule has 1 aliphatic carbocycles. The summed E-state index contributed by atoms with van der Waals surface area (Å²) in [5.41, 5.74) is -0.105. The van der Waals surface area contributed by atoms with Crippen molar-refractivity contribution in [1.82, 2.24) is 0 Å². The van der Waals surface area contributed by atoms with Crippen LogP contribution < -0.4 is 0 Å². The van der Waals surface area contributed by atoms with Gasteiger partial charge in [-0.2, -0.15) is 0 Å². The van der Waals surface area contributed by atoms with E-state index in [0.29, 0.717) is 0 Å². The van der Waals surface area contributed by atoms with E-state index in [-0.39, 0.29) is 28.2 Å². The Hall–Kier alpha value is -0.770. The monoisotopic (exact) mass is 344 g/mol. The zero-order chi connectivity index (χ0) is 14.5. The third-order valence-corrected chi connectivity index (χ3v) is 4.66. The van der Waals surface area contributed by atoms with E-state index in [1.54, 1.807) is 0 Å². The molecule has 0 aliphatic heterocycles. The molecule has 0 unspecified atom stereocenters. The molecule has 0 saturated heterocycles. The largest absolute Gasteiger partial charge is 0.299 e. The van der Waals surface area contributed by atoms with E-state index in [1.807, 2.05) is 0 Å². The average Bonchev–Trinajstić information content (AvgIpc) is 2.38. The maximum Gasteiger partial charge on any atom is 0.143 e. The van der Waals surface area contributed by atoms with Gasteiger partial charge >= 0.3 is 0 Å². The Morgan fingerprint density at radius 3 is 2.35 bits per heavy atom. The zero-order valence-electron chi connectivity index (χ0n) is 11.4. The highest BCUT2D eigenvalue weighted by molar-refractivity contribution is 9.10. The van der Waals surface area contributed by atoms with Gasteiger partial charge in [0.05, 0.1) is 4.47 Å². The molecule has 1 aromatic rings. The van der Waals surface area contributed by atoms with Gasteiger partial charge in [0, 0.05) is 17.9 Å². The third kappa shape index (κ3) is 3.87. The van der Waals surface area contributed by atoms with Crippen LogP contribution in [0.2, 0.25) is 0 Å². The van der Waals surface area contributed by atoms with E-state index < -0.39 is 11.6 Å². The van der Waals surface area contributed by atoms with Crippen LogP contribution in [0.1, 0.15) is 50.5 Å². The summed E-state index contributed by atoms with van der Waals surface area (Å²) in [7, 11) is 0. The first-order chi connectivity index (χ1) is 9.59. The van der Waals surface area contributed by atoms with Crippen molar-refractivity contribution < 1.29 is 13.6 Å². The molecular formula is C16H19BrF2O. The van der Waals surface area contributed by atoms with Crippen molar-refractivity contribution in [3.05, 3.63) is 33.8 Å². The molecule has 0 atom stereocenters. The number of benzene rings is 1. The fourth-order valence-electron chi connectivity index (χ4n) is 2.83. The second-order valence-electron chi connectivity index (χ2n) is 5.51. The standard InChI is InChI=1S/C16H19BrF2O/c17-13-8-9-14(18)12(16(13)19)10-15(20)11-6-4-2-1-3-5-7-11/h8-9,11H,1-7,10H2. The average molecular weight is 345 g/mol. The summed E-state index contributed by atoms with van der Waals surface area (Å²) >= 11 is 3.04. The molecule has 1 aliphatic rings. The Labute approximate surface area is 126 Å². The second kappa shape index (κ2) is 7.30. The lowest BCUT2D eigenvalue weighted by Gasteiger charge is -2.18. The molecule has 0 radical (unpaired) electrons. The van der Waals surface area contributed by atoms with Crippen LogP contribution >= 0.6 is 15.9 Å². The number of ketones is 1. The Bertz CT molecular complexity index is 480. The molecule has 0 amide bonds. The van der Waals surface area contributed by atoms with Crippen LogP contribution in [-0.2, 0) is 11.2 Å². The van der Waals surface area contributed by atoms with E-state index in [1.165, 1.54) is 18.6 Å². The highest BCUT2D eigenvalue weighted by Crippen LogP contribution is 2.27. The van der Waals surface area contributed by atoms with Crippen LogP contribution in [0, 0.1) is 17.6 Å². The van der Waals surface area contributed by atoms with Crippen molar-refractivity contribution in [1.29, 1.82) is 0 Å². The van der Waals surface area contributed by atoms with Gasteiger partial charge in [-0.1, -0.05) is 32.1 Å². The maximum absolute atomic E-state index is 13.9. The SMILES string of the molecule is O=C(Cc1c(F)ccc(Br)c1F)C1CCCCCCC1. The number of halogens is 3. The van der Waals surface area contributed by atoms with Crippen molar-refractivity contribution in [2.75, 3.05) is 0 Å². The topological polar surface area (TPSA) is 17.1 Å². The van der Waals surface area contributed by atoms with Gasteiger partial charge in [0.15, 0.2) is 0 Å². The van der Waals surface area contributed by atoms with Crippen LogP contribution in [0.3, 0.4) is 0 Å². The first kappa shape index (κ1) is 15.6. The second-order valence-corrected chi connectivity index (χ2v) is 6.36. The molecule has 0 spiro atoms. The quantitative estimate of drug-likeness (QED) is 0.688. The molecule has 1 fully saturated rings. The number of rotatable bonds is 3. The van der Waals surface area contributed by atoms with Gasteiger partial charge in [0.25, 0.3) is 0 Å². The Morgan fingerprint density at radius 2 is 1.70 bits per heavy atom. The summed E-state index contributed by atoms with van der Waals surface area (Å²) in [5, 5.41) is 0. The number of carbonyl (C=O) groups is 1. The number of carbonyl (C=O) groups excluding carboxylic acids is 1. The molecule has 20 heavy (non-hydrogen) atoms. The number of hydrogen-bond acceptors (Lipinski definition) is 1. The van der Waals surface area contributed by atoms with Crippen molar-refractivity contribution >= 4 is 21.7 Å². The van der Waals surface area contributed by atoms with Crippen molar-refractivity contribution in [3.63, 3.8) is 0 Å². The van der Waals surface area contributed by atoms with Crippen LogP contribution in [0.15, 0.2) is 16.6 Å². The van der Waals surface area contributed by atoms with E-state index in [4.69, 9.17) is 0 Å². The minimum Gasteiger partial charge on any atom is -0.299 e. The summed E-state index contributed by atoms with van der Waals surface area (Å²) < 4.78 is 27.8. The predicted molar refractivity (Wildman–Crippen MR) is 78.6 cm³/mol. The summed E-state index contributed by atoms with van der Waals surface area (Å²) in [6.45, 7) is 0.